The average molecular weight is 285 g/mol. The van der Waals surface area contributed by atoms with Crippen molar-refractivity contribution in [2.24, 2.45) is 5.73 Å². The molecule has 2 aromatic rings. The third-order valence-corrected chi connectivity index (χ3v) is 4.17. The minimum Gasteiger partial charge on any atom is -0.493 e. The molecule has 3 heteroatoms. The molecule has 0 saturated heterocycles. The van der Waals surface area contributed by atoms with E-state index in [1.165, 1.54) is 23.3 Å². The number of ether oxygens (including phenoxy) is 1. The molecule has 0 amide bonds. The Hall–Kier alpha value is -1.87. The Morgan fingerprint density at radius 1 is 1.24 bits per heavy atom. The van der Waals surface area contributed by atoms with Crippen LogP contribution in [0.4, 0.5) is 4.39 Å². The van der Waals surface area contributed by atoms with Crippen molar-refractivity contribution < 1.29 is 9.13 Å². The van der Waals surface area contributed by atoms with Gasteiger partial charge in [0, 0.05) is 12.0 Å². The van der Waals surface area contributed by atoms with Crippen LogP contribution in [0.15, 0.2) is 42.5 Å². The Kier molecular flexibility index (Phi) is 3.68. The van der Waals surface area contributed by atoms with Crippen LogP contribution in [0.3, 0.4) is 0 Å². The molecule has 1 atom stereocenters. The maximum absolute atomic E-state index is 13.3. The second-order valence-electron chi connectivity index (χ2n) is 5.97. The molecular formula is C18H20FNO. The molecule has 0 aliphatic carbocycles. The van der Waals surface area contributed by atoms with E-state index in [2.05, 4.69) is 12.1 Å². The third-order valence-electron chi connectivity index (χ3n) is 4.17. The lowest BCUT2D eigenvalue weighted by atomic mass is 9.87. The van der Waals surface area contributed by atoms with Gasteiger partial charge < -0.3 is 10.5 Å². The van der Waals surface area contributed by atoms with Crippen LogP contribution in [0.2, 0.25) is 0 Å². The van der Waals surface area contributed by atoms with E-state index in [1.807, 2.05) is 19.1 Å². The van der Waals surface area contributed by atoms with Crippen molar-refractivity contribution in [2.75, 3.05) is 6.61 Å². The zero-order valence-electron chi connectivity index (χ0n) is 12.2. The van der Waals surface area contributed by atoms with E-state index in [4.69, 9.17) is 10.5 Å². The maximum atomic E-state index is 13.3. The Labute approximate surface area is 124 Å². The molecule has 0 bridgehead atoms. The van der Waals surface area contributed by atoms with Gasteiger partial charge in [-0.2, -0.15) is 0 Å². The highest BCUT2D eigenvalue weighted by Gasteiger charge is 2.22. The van der Waals surface area contributed by atoms with E-state index in [1.54, 1.807) is 6.07 Å². The van der Waals surface area contributed by atoms with Crippen molar-refractivity contribution in [3.8, 4) is 5.75 Å². The maximum Gasteiger partial charge on any atom is 0.123 e. The molecule has 0 saturated carbocycles. The molecule has 1 heterocycles. The molecule has 2 aromatic carbocycles. The number of benzene rings is 2. The van der Waals surface area contributed by atoms with Crippen LogP contribution in [0.1, 0.15) is 30.0 Å². The standard InChI is InChI=1S/C18H20FNO/c1-18(20,15-3-2-4-16(19)12-15)9-7-13-5-6-17-14(11-13)8-10-21-17/h2-6,11-12H,7-10,20H2,1H3. The molecule has 0 aromatic heterocycles. The molecular weight excluding hydrogens is 265 g/mol. The molecule has 1 aliphatic heterocycles. The van der Waals surface area contributed by atoms with E-state index in [9.17, 15) is 4.39 Å². The van der Waals surface area contributed by atoms with Crippen LogP contribution in [-0.2, 0) is 18.4 Å². The smallest absolute Gasteiger partial charge is 0.123 e. The van der Waals surface area contributed by atoms with Gasteiger partial charge in [0.25, 0.3) is 0 Å². The van der Waals surface area contributed by atoms with Gasteiger partial charge in [-0.15, -0.1) is 0 Å². The summed E-state index contributed by atoms with van der Waals surface area (Å²) in [6.07, 6.45) is 2.62. The number of halogens is 1. The Bertz CT molecular complexity index is 651. The van der Waals surface area contributed by atoms with Crippen LogP contribution in [0, 0.1) is 5.82 Å². The largest absolute Gasteiger partial charge is 0.493 e. The fourth-order valence-electron chi connectivity index (χ4n) is 2.79. The first-order valence-corrected chi connectivity index (χ1v) is 7.34. The monoisotopic (exact) mass is 285 g/mol. The topological polar surface area (TPSA) is 35.2 Å². The van der Waals surface area contributed by atoms with Crippen molar-refractivity contribution in [1.82, 2.24) is 0 Å². The van der Waals surface area contributed by atoms with Crippen molar-refractivity contribution in [3.05, 3.63) is 65.0 Å². The molecule has 0 fully saturated rings. The first kappa shape index (κ1) is 14.1. The number of hydrogen-bond acceptors (Lipinski definition) is 2. The highest BCUT2D eigenvalue weighted by molar-refractivity contribution is 5.40. The molecule has 110 valence electrons. The number of hydrogen-bond donors (Lipinski definition) is 1. The molecule has 1 unspecified atom stereocenters. The van der Waals surface area contributed by atoms with Gasteiger partial charge in [0.05, 0.1) is 6.61 Å². The molecule has 2 N–H and O–H groups in total. The quantitative estimate of drug-likeness (QED) is 0.932. The van der Waals surface area contributed by atoms with Gasteiger partial charge in [0.2, 0.25) is 0 Å². The average Bonchev–Trinajstić information content (AvgIpc) is 2.93. The number of nitrogens with two attached hydrogens (primary N) is 1. The fourth-order valence-corrected chi connectivity index (χ4v) is 2.79. The highest BCUT2D eigenvalue weighted by atomic mass is 19.1. The minimum absolute atomic E-state index is 0.237. The minimum atomic E-state index is -0.530. The predicted octanol–water partition coefficient (Wildman–Crippen LogP) is 3.57. The first-order valence-electron chi connectivity index (χ1n) is 7.34. The molecule has 2 nitrogen and oxygen atoms in total. The summed E-state index contributed by atoms with van der Waals surface area (Å²) in [6, 6.07) is 12.9. The highest BCUT2D eigenvalue weighted by Crippen LogP contribution is 2.28. The predicted molar refractivity (Wildman–Crippen MR) is 81.9 cm³/mol. The summed E-state index contributed by atoms with van der Waals surface area (Å²) in [5, 5.41) is 0. The summed E-state index contributed by atoms with van der Waals surface area (Å²) in [7, 11) is 0. The Morgan fingerprint density at radius 3 is 2.90 bits per heavy atom. The van der Waals surface area contributed by atoms with Crippen LogP contribution in [0.5, 0.6) is 5.75 Å². The molecule has 3 rings (SSSR count). The van der Waals surface area contributed by atoms with Gasteiger partial charge >= 0.3 is 0 Å². The van der Waals surface area contributed by atoms with Gasteiger partial charge in [-0.3, -0.25) is 0 Å². The van der Waals surface area contributed by atoms with Crippen LogP contribution in [0.25, 0.3) is 0 Å². The van der Waals surface area contributed by atoms with E-state index in [0.717, 1.165) is 37.2 Å². The number of aryl methyl sites for hydroxylation is 1. The van der Waals surface area contributed by atoms with Gasteiger partial charge in [0.15, 0.2) is 0 Å². The SMILES string of the molecule is CC(N)(CCc1ccc2c(c1)CCO2)c1cccc(F)c1. The van der Waals surface area contributed by atoms with Crippen LogP contribution >= 0.6 is 0 Å². The van der Waals surface area contributed by atoms with Crippen molar-refractivity contribution in [3.63, 3.8) is 0 Å². The van der Waals surface area contributed by atoms with E-state index >= 15 is 0 Å². The van der Waals surface area contributed by atoms with E-state index < -0.39 is 5.54 Å². The van der Waals surface area contributed by atoms with Crippen molar-refractivity contribution in [1.29, 1.82) is 0 Å². The number of fused-ring (bicyclic) bond motifs is 1. The van der Waals surface area contributed by atoms with Crippen molar-refractivity contribution in [2.45, 2.75) is 31.7 Å². The lowest BCUT2D eigenvalue weighted by Crippen LogP contribution is -2.33. The van der Waals surface area contributed by atoms with E-state index in [0.29, 0.717) is 0 Å². The van der Waals surface area contributed by atoms with Crippen LogP contribution < -0.4 is 10.5 Å². The summed E-state index contributed by atoms with van der Waals surface area (Å²) in [5.41, 5.74) is 9.22. The summed E-state index contributed by atoms with van der Waals surface area (Å²) in [6.45, 7) is 2.73. The lowest BCUT2D eigenvalue weighted by Gasteiger charge is -2.25. The zero-order valence-corrected chi connectivity index (χ0v) is 12.2. The molecule has 0 spiro atoms. The molecule has 1 aliphatic rings. The lowest BCUT2D eigenvalue weighted by molar-refractivity contribution is 0.357. The number of rotatable bonds is 4. The second kappa shape index (κ2) is 5.49. The normalized spacial score (nSPS) is 16.1. The van der Waals surface area contributed by atoms with Gasteiger partial charge in [0.1, 0.15) is 11.6 Å². The van der Waals surface area contributed by atoms with E-state index in [-0.39, 0.29) is 5.82 Å². The second-order valence-corrected chi connectivity index (χ2v) is 5.97. The summed E-state index contributed by atoms with van der Waals surface area (Å²) < 4.78 is 18.9. The van der Waals surface area contributed by atoms with Gasteiger partial charge in [-0.25, -0.2) is 4.39 Å². The van der Waals surface area contributed by atoms with Gasteiger partial charge in [-0.05, 0) is 54.7 Å². The fraction of sp³-hybridized carbons (Fsp3) is 0.333. The molecule has 21 heavy (non-hydrogen) atoms. The summed E-state index contributed by atoms with van der Waals surface area (Å²) in [5.74, 6) is 0.762. The van der Waals surface area contributed by atoms with Crippen LogP contribution in [-0.4, -0.2) is 6.61 Å². The Morgan fingerprint density at radius 2 is 2.10 bits per heavy atom. The molecule has 0 radical (unpaired) electrons. The first-order chi connectivity index (χ1) is 10.0. The zero-order chi connectivity index (χ0) is 14.9. The summed E-state index contributed by atoms with van der Waals surface area (Å²) in [4.78, 5) is 0. The third kappa shape index (κ3) is 3.08. The van der Waals surface area contributed by atoms with Crippen molar-refractivity contribution >= 4 is 0 Å². The Balaban J connectivity index is 1.71. The van der Waals surface area contributed by atoms with Gasteiger partial charge in [-0.1, -0.05) is 24.3 Å². The summed E-state index contributed by atoms with van der Waals surface area (Å²) >= 11 is 0.